The lowest BCUT2D eigenvalue weighted by molar-refractivity contribution is 0.0521. The minimum atomic E-state index is -0.461. The number of halogens is 2. The number of carbonyl (C=O) groups is 1. The van der Waals surface area contributed by atoms with Gasteiger partial charge in [0.05, 0.1) is 0 Å². The third-order valence-electron chi connectivity index (χ3n) is 5.74. The van der Waals surface area contributed by atoms with Crippen molar-refractivity contribution in [1.29, 1.82) is 0 Å². The van der Waals surface area contributed by atoms with E-state index in [0.717, 1.165) is 36.0 Å². The number of likely N-dealkylation sites (tertiary alicyclic amines) is 1. The summed E-state index contributed by atoms with van der Waals surface area (Å²) in [6, 6.07) is 5.70. The van der Waals surface area contributed by atoms with Gasteiger partial charge in [0.15, 0.2) is 0 Å². The predicted molar refractivity (Wildman–Crippen MR) is 108 cm³/mol. The molecule has 1 amide bonds. The summed E-state index contributed by atoms with van der Waals surface area (Å²) in [6.07, 6.45) is 1.42. The lowest BCUT2D eigenvalue weighted by Crippen LogP contribution is -2.39. The van der Waals surface area contributed by atoms with E-state index in [9.17, 15) is 9.18 Å². The Kier molecular flexibility index (Phi) is 6.16. The molecule has 1 N–H and O–H groups in total. The molecule has 0 radical (unpaired) electrons. The second kappa shape index (κ2) is 8.08. The summed E-state index contributed by atoms with van der Waals surface area (Å²) >= 11 is 3.32. The number of hydrogen-bond donors (Lipinski definition) is 1. The molecule has 27 heavy (non-hydrogen) atoms. The summed E-state index contributed by atoms with van der Waals surface area (Å²) in [5.74, 6) is 1.70. The van der Waals surface area contributed by atoms with Gasteiger partial charge in [-0.2, -0.15) is 0 Å². The van der Waals surface area contributed by atoms with Crippen LogP contribution in [0.1, 0.15) is 39.7 Å². The zero-order valence-corrected chi connectivity index (χ0v) is 18.2. The van der Waals surface area contributed by atoms with Crippen LogP contribution in [0.4, 0.5) is 9.18 Å². The van der Waals surface area contributed by atoms with Gasteiger partial charge in [0.25, 0.3) is 0 Å². The summed E-state index contributed by atoms with van der Waals surface area (Å²) in [5, 5.41) is 2.91. The number of ether oxygens (including phenoxy) is 1. The highest BCUT2D eigenvalue weighted by Gasteiger charge is 2.56. The van der Waals surface area contributed by atoms with Gasteiger partial charge in [0.2, 0.25) is 0 Å². The van der Waals surface area contributed by atoms with E-state index in [1.165, 1.54) is 0 Å². The summed E-state index contributed by atoms with van der Waals surface area (Å²) < 4.78 is 20.3. The molecule has 1 aliphatic carbocycles. The number of piperidine rings is 1. The maximum atomic E-state index is 14.2. The van der Waals surface area contributed by atoms with Gasteiger partial charge in [-0.05, 0) is 69.1 Å². The molecule has 1 aromatic carbocycles. The molecular weight excluding hydrogens is 411 g/mol. The van der Waals surface area contributed by atoms with Gasteiger partial charge < -0.3 is 10.1 Å². The fourth-order valence-electron chi connectivity index (χ4n) is 4.27. The third kappa shape index (κ3) is 5.23. The molecule has 2 unspecified atom stereocenters. The quantitative estimate of drug-likeness (QED) is 0.701. The molecule has 1 heterocycles. The molecule has 4 nitrogen and oxygen atoms in total. The summed E-state index contributed by atoms with van der Waals surface area (Å²) in [4.78, 5) is 14.3. The summed E-state index contributed by atoms with van der Waals surface area (Å²) in [7, 11) is 0. The third-order valence-corrected chi connectivity index (χ3v) is 6.23. The van der Waals surface area contributed by atoms with E-state index in [1.807, 2.05) is 32.9 Å². The lowest BCUT2D eigenvalue weighted by atomic mass is 10.0. The van der Waals surface area contributed by atoms with E-state index in [2.05, 4.69) is 33.1 Å². The fourth-order valence-corrected chi connectivity index (χ4v) is 4.60. The van der Waals surface area contributed by atoms with Crippen molar-refractivity contribution in [3.63, 3.8) is 0 Å². The smallest absolute Gasteiger partial charge is 0.407 e. The number of hydrogen-bond acceptors (Lipinski definition) is 3. The molecule has 1 aliphatic heterocycles. The molecule has 6 heteroatoms. The van der Waals surface area contributed by atoms with E-state index < -0.39 is 5.60 Å². The highest BCUT2D eigenvalue weighted by Crippen LogP contribution is 2.52. The first-order valence-electron chi connectivity index (χ1n) is 9.82. The van der Waals surface area contributed by atoms with Crippen molar-refractivity contribution in [3.8, 4) is 0 Å². The number of nitrogens with zero attached hydrogens (tertiary/aromatic N) is 1. The van der Waals surface area contributed by atoms with Crippen LogP contribution in [0.3, 0.4) is 0 Å². The molecule has 1 aromatic rings. The monoisotopic (exact) mass is 440 g/mol. The predicted octanol–water partition coefficient (Wildman–Crippen LogP) is 4.61. The van der Waals surface area contributed by atoms with E-state index in [0.29, 0.717) is 30.3 Å². The molecule has 1 saturated carbocycles. The first kappa shape index (κ1) is 20.6. The maximum Gasteiger partial charge on any atom is 0.407 e. The van der Waals surface area contributed by atoms with Gasteiger partial charge in [-0.1, -0.05) is 28.9 Å². The van der Waals surface area contributed by atoms with Gasteiger partial charge in [-0.25, -0.2) is 9.18 Å². The van der Waals surface area contributed by atoms with Crippen LogP contribution in [0.25, 0.3) is 0 Å². The largest absolute Gasteiger partial charge is 0.444 e. The first-order valence-corrected chi connectivity index (χ1v) is 10.6. The normalized spacial score (nSPS) is 25.8. The maximum absolute atomic E-state index is 14.2. The van der Waals surface area contributed by atoms with Crippen molar-refractivity contribution in [1.82, 2.24) is 10.2 Å². The zero-order chi connectivity index (χ0) is 19.8. The highest BCUT2D eigenvalue weighted by atomic mass is 79.9. The molecule has 0 aromatic heterocycles. The van der Waals surface area contributed by atoms with Crippen LogP contribution in [0.15, 0.2) is 22.7 Å². The zero-order valence-electron chi connectivity index (χ0n) is 16.6. The number of alkyl carbamates (subject to hydrolysis) is 1. The first-order chi connectivity index (χ1) is 12.7. The number of carbonyl (C=O) groups excluding carboxylic acids is 1. The van der Waals surface area contributed by atoms with Gasteiger partial charge in [-0.15, -0.1) is 0 Å². The Labute approximate surface area is 170 Å². The van der Waals surface area contributed by atoms with Gasteiger partial charge in [0, 0.05) is 30.1 Å². The Bertz CT molecular complexity index is 679. The van der Waals surface area contributed by atoms with Crippen LogP contribution < -0.4 is 5.32 Å². The average Bonchev–Trinajstić information content (AvgIpc) is 3.01. The number of rotatable bonds is 6. The summed E-state index contributed by atoms with van der Waals surface area (Å²) in [6.45, 7) is 10.6. The molecule has 0 bridgehead atoms. The number of benzene rings is 1. The van der Waals surface area contributed by atoms with E-state index in [1.54, 1.807) is 6.07 Å². The van der Waals surface area contributed by atoms with Crippen LogP contribution in [0, 0.1) is 23.6 Å². The van der Waals surface area contributed by atoms with Crippen LogP contribution in [0.5, 0.6) is 0 Å². The van der Waals surface area contributed by atoms with Crippen LogP contribution in [-0.4, -0.2) is 42.3 Å². The van der Waals surface area contributed by atoms with Gasteiger partial charge >= 0.3 is 6.09 Å². The van der Waals surface area contributed by atoms with E-state index in [-0.39, 0.29) is 11.9 Å². The minimum Gasteiger partial charge on any atom is -0.444 e. The fraction of sp³-hybridized carbons (Fsp3) is 0.667. The second-order valence-electron chi connectivity index (χ2n) is 8.83. The molecule has 4 atom stereocenters. The average molecular weight is 441 g/mol. The molecule has 2 aliphatic rings. The van der Waals surface area contributed by atoms with Crippen molar-refractivity contribution in [2.45, 2.75) is 52.2 Å². The van der Waals surface area contributed by atoms with Crippen LogP contribution >= 0.6 is 15.9 Å². The lowest BCUT2D eigenvalue weighted by Gasteiger charge is -2.29. The number of amides is 1. The van der Waals surface area contributed by atoms with Crippen molar-refractivity contribution >= 4 is 22.0 Å². The molecule has 0 spiro atoms. The Morgan fingerprint density at radius 3 is 2.59 bits per heavy atom. The highest BCUT2D eigenvalue weighted by molar-refractivity contribution is 9.10. The van der Waals surface area contributed by atoms with Crippen molar-refractivity contribution in [3.05, 3.63) is 34.1 Å². The van der Waals surface area contributed by atoms with Crippen LogP contribution in [0.2, 0.25) is 0 Å². The number of nitrogens with one attached hydrogen (secondary N) is 1. The van der Waals surface area contributed by atoms with E-state index in [4.69, 9.17) is 4.74 Å². The Hall–Kier alpha value is -1.14. The standard InChI is InChI=1S/C21H30BrFN2O2/c1-5-15(8-13-6-7-14(22)9-19(13)23)25-11-17-16(18(17)12-25)10-24-20(26)27-21(2,3)4/h6-7,9,15-18H,5,8,10-12H2,1-4H3,(H,24,26)/t15?,16?,17-,18+. The Morgan fingerprint density at radius 1 is 1.37 bits per heavy atom. The Morgan fingerprint density at radius 2 is 2.04 bits per heavy atom. The van der Waals surface area contributed by atoms with E-state index >= 15 is 0 Å². The molecule has 1 saturated heterocycles. The van der Waals surface area contributed by atoms with Crippen molar-refractivity contribution < 1.29 is 13.9 Å². The topological polar surface area (TPSA) is 41.6 Å². The van der Waals surface area contributed by atoms with Crippen LogP contribution in [-0.2, 0) is 11.2 Å². The van der Waals surface area contributed by atoms with Gasteiger partial charge in [-0.3, -0.25) is 4.90 Å². The molecule has 2 fully saturated rings. The van der Waals surface area contributed by atoms with Crippen molar-refractivity contribution in [2.24, 2.45) is 17.8 Å². The van der Waals surface area contributed by atoms with Crippen molar-refractivity contribution in [2.75, 3.05) is 19.6 Å². The Balaban J connectivity index is 1.46. The number of fused-ring (bicyclic) bond motifs is 1. The summed E-state index contributed by atoms with van der Waals surface area (Å²) in [5.41, 5.74) is 0.325. The van der Waals surface area contributed by atoms with Gasteiger partial charge in [0.1, 0.15) is 11.4 Å². The SMILES string of the molecule is CCC(Cc1ccc(Br)cc1F)N1C[C@@H]2C(CNC(=O)OC(C)(C)C)[C@@H]2C1. The minimum absolute atomic E-state index is 0.133. The molecular formula is C21H30BrFN2O2. The second-order valence-corrected chi connectivity index (χ2v) is 9.75. The molecule has 150 valence electrons. The molecule has 3 rings (SSSR count).